The van der Waals surface area contributed by atoms with Crippen LogP contribution in [0.25, 0.3) is 0 Å². The highest BCUT2D eigenvalue weighted by Gasteiger charge is 2.03. The molecule has 0 aliphatic carbocycles. The standard InChI is InChI=1S/C8H9BrFN/c1-5(10)6-2-3-7(9)8(11)4-6/h2-5H,11H2,1H3. The van der Waals surface area contributed by atoms with Gasteiger partial charge in [-0.15, -0.1) is 0 Å². The molecule has 3 heteroatoms. The lowest BCUT2D eigenvalue weighted by molar-refractivity contribution is 0.374. The van der Waals surface area contributed by atoms with Crippen molar-refractivity contribution in [1.29, 1.82) is 0 Å². The van der Waals surface area contributed by atoms with Crippen LogP contribution >= 0.6 is 15.9 Å². The molecule has 0 spiro atoms. The van der Waals surface area contributed by atoms with E-state index in [2.05, 4.69) is 15.9 Å². The molecule has 0 saturated carbocycles. The van der Waals surface area contributed by atoms with Gasteiger partial charge in [-0.2, -0.15) is 0 Å². The first-order valence-corrected chi connectivity index (χ1v) is 4.09. The zero-order valence-electron chi connectivity index (χ0n) is 6.14. The molecule has 60 valence electrons. The van der Waals surface area contributed by atoms with Crippen LogP contribution in [-0.4, -0.2) is 0 Å². The molecule has 1 unspecified atom stereocenters. The van der Waals surface area contributed by atoms with E-state index in [0.29, 0.717) is 11.3 Å². The van der Waals surface area contributed by atoms with E-state index in [-0.39, 0.29) is 0 Å². The topological polar surface area (TPSA) is 26.0 Å². The van der Waals surface area contributed by atoms with Crippen molar-refractivity contribution in [2.24, 2.45) is 0 Å². The van der Waals surface area contributed by atoms with Crippen LogP contribution in [0.4, 0.5) is 10.1 Å². The summed E-state index contributed by atoms with van der Waals surface area (Å²) in [7, 11) is 0. The van der Waals surface area contributed by atoms with E-state index >= 15 is 0 Å². The lowest BCUT2D eigenvalue weighted by atomic mass is 10.1. The molecule has 11 heavy (non-hydrogen) atoms. The van der Waals surface area contributed by atoms with Crippen molar-refractivity contribution in [2.45, 2.75) is 13.1 Å². The maximum Gasteiger partial charge on any atom is 0.122 e. The first-order valence-electron chi connectivity index (χ1n) is 3.30. The van der Waals surface area contributed by atoms with E-state index in [1.54, 1.807) is 18.2 Å². The van der Waals surface area contributed by atoms with Crippen LogP contribution in [0.2, 0.25) is 0 Å². The van der Waals surface area contributed by atoms with E-state index in [1.165, 1.54) is 6.92 Å². The maximum atomic E-state index is 12.7. The summed E-state index contributed by atoms with van der Waals surface area (Å²) in [5.41, 5.74) is 6.74. The van der Waals surface area contributed by atoms with Gasteiger partial charge in [-0.1, -0.05) is 6.07 Å². The van der Waals surface area contributed by atoms with Gasteiger partial charge in [0.25, 0.3) is 0 Å². The fourth-order valence-corrected chi connectivity index (χ4v) is 1.06. The lowest BCUT2D eigenvalue weighted by Crippen LogP contribution is -1.90. The van der Waals surface area contributed by atoms with Crippen LogP contribution < -0.4 is 5.73 Å². The van der Waals surface area contributed by atoms with Gasteiger partial charge in [-0.05, 0) is 40.5 Å². The highest BCUT2D eigenvalue weighted by atomic mass is 79.9. The quantitative estimate of drug-likeness (QED) is 0.720. The van der Waals surface area contributed by atoms with Gasteiger partial charge >= 0.3 is 0 Å². The highest BCUT2D eigenvalue weighted by Crippen LogP contribution is 2.24. The minimum Gasteiger partial charge on any atom is -0.398 e. The molecule has 0 bridgehead atoms. The van der Waals surface area contributed by atoms with Gasteiger partial charge in [0.15, 0.2) is 0 Å². The number of nitrogens with two attached hydrogens (primary N) is 1. The van der Waals surface area contributed by atoms with Gasteiger partial charge in [0.05, 0.1) is 0 Å². The summed E-state index contributed by atoms with van der Waals surface area (Å²) >= 11 is 3.23. The summed E-state index contributed by atoms with van der Waals surface area (Å²) in [5.74, 6) is 0. The lowest BCUT2D eigenvalue weighted by Gasteiger charge is -2.03. The normalized spacial score (nSPS) is 13.0. The molecule has 0 amide bonds. The van der Waals surface area contributed by atoms with Crippen LogP contribution in [0.1, 0.15) is 18.7 Å². The molecule has 0 aromatic heterocycles. The van der Waals surface area contributed by atoms with Crippen LogP contribution in [-0.2, 0) is 0 Å². The molecule has 1 rings (SSSR count). The van der Waals surface area contributed by atoms with Gasteiger partial charge in [-0.3, -0.25) is 0 Å². The number of rotatable bonds is 1. The number of nitrogen functional groups attached to an aromatic ring is 1. The fourth-order valence-electron chi connectivity index (χ4n) is 0.810. The van der Waals surface area contributed by atoms with Crippen molar-refractivity contribution in [2.75, 3.05) is 5.73 Å². The number of halogens is 2. The van der Waals surface area contributed by atoms with E-state index in [0.717, 1.165) is 4.47 Å². The van der Waals surface area contributed by atoms with Crippen molar-refractivity contribution < 1.29 is 4.39 Å². The Morgan fingerprint density at radius 3 is 2.64 bits per heavy atom. The van der Waals surface area contributed by atoms with Crippen molar-refractivity contribution in [3.05, 3.63) is 28.2 Å². The summed E-state index contributed by atoms with van der Waals surface area (Å²) in [6.45, 7) is 1.49. The molecule has 0 aliphatic heterocycles. The summed E-state index contributed by atoms with van der Waals surface area (Å²) in [5, 5.41) is 0. The van der Waals surface area contributed by atoms with Crippen molar-refractivity contribution in [3.8, 4) is 0 Å². The van der Waals surface area contributed by atoms with Crippen LogP contribution in [0, 0.1) is 0 Å². The summed E-state index contributed by atoms with van der Waals surface area (Å²) in [6.07, 6.45) is -0.953. The van der Waals surface area contributed by atoms with Gasteiger partial charge in [0.2, 0.25) is 0 Å². The predicted molar refractivity (Wildman–Crippen MR) is 48.1 cm³/mol. The molecule has 0 saturated heterocycles. The Labute approximate surface area is 73.5 Å². The Hall–Kier alpha value is -0.570. The number of hydrogen-bond acceptors (Lipinski definition) is 1. The van der Waals surface area contributed by atoms with E-state index in [1.807, 2.05) is 0 Å². The van der Waals surface area contributed by atoms with Crippen molar-refractivity contribution in [1.82, 2.24) is 0 Å². The first kappa shape index (κ1) is 8.53. The molecule has 1 aromatic rings. The predicted octanol–water partition coefficient (Wildman–Crippen LogP) is 3.06. The van der Waals surface area contributed by atoms with Crippen molar-refractivity contribution in [3.63, 3.8) is 0 Å². The second kappa shape index (κ2) is 3.22. The second-order valence-corrected chi connectivity index (χ2v) is 3.25. The largest absolute Gasteiger partial charge is 0.398 e. The second-order valence-electron chi connectivity index (χ2n) is 2.40. The average molecular weight is 218 g/mol. The number of hydrogen-bond donors (Lipinski definition) is 1. The van der Waals surface area contributed by atoms with Gasteiger partial charge < -0.3 is 5.73 Å². The SMILES string of the molecule is CC(F)c1ccc(Br)c(N)c1. The molecule has 0 heterocycles. The molecule has 1 nitrogen and oxygen atoms in total. The molecule has 0 radical (unpaired) electrons. The number of anilines is 1. The van der Waals surface area contributed by atoms with Crippen LogP contribution in [0.15, 0.2) is 22.7 Å². The zero-order chi connectivity index (χ0) is 8.43. The van der Waals surface area contributed by atoms with Gasteiger partial charge in [-0.25, -0.2) is 4.39 Å². The third kappa shape index (κ3) is 1.93. The van der Waals surface area contributed by atoms with E-state index < -0.39 is 6.17 Å². The number of benzene rings is 1. The Kier molecular flexibility index (Phi) is 2.49. The minimum atomic E-state index is -0.953. The van der Waals surface area contributed by atoms with Crippen molar-refractivity contribution >= 4 is 21.6 Å². The molecule has 2 N–H and O–H groups in total. The smallest absolute Gasteiger partial charge is 0.122 e. The Morgan fingerprint density at radius 1 is 1.55 bits per heavy atom. The fraction of sp³-hybridized carbons (Fsp3) is 0.250. The summed E-state index contributed by atoms with van der Waals surface area (Å²) < 4.78 is 13.5. The monoisotopic (exact) mass is 217 g/mol. The van der Waals surface area contributed by atoms with E-state index in [4.69, 9.17) is 5.73 Å². The molecular formula is C8H9BrFN. The molecule has 0 fully saturated rings. The molecular weight excluding hydrogens is 209 g/mol. The summed E-state index contributed by atoms with van der Waals surface area (Å²) in [4.78, 5) is 0. The van der Waals surface area contributed by atoms with E-state index in [9.17, 15) is 4.39 Å². The number of alkyl halides is 1. The van der Waals surface area contributed by atoms with Crippen LogP contribution in [0.5, 0.6) is 0 Å². The third-order valence-electron chi connectivity index (χ3n) is 1.48. The summed E-state index contributed by atoms with van der Waals surface area (Å²) in [6, 6.07) is 5.10. The van der Waals surface area contributed by atoms with Gasteiger partial charge in [0, 0.05) is 10.2 Å². The Bertz CT molecular complexity index is 260. The molecule has 0 aliphatic rings. The Morgan fingerprint density at radius 2 is 2.18 bits per heavy atom. The zero-order valence-corrected chi connectivity index (χ0v) is 7.73. The third-order valence-corrected chi connectivity index (χ3v) is 2.20. The maximum absolute atomic E-state index is 12.7. The molecule has 1 atom stereocenters. The average Bonchev–Trinajstić information content (AvgIpc) is 1.94. The minimum absolute atomic E-state index is 0.576. The van der Waals surface area contributed by atoms with Crippen LogP contribution in [0.3, 0.4) is 0 Å². The highest BCUT2D eigenvalue weighted by molar-refractivity contribution is 9.10. The van der Waals surface area contributed by atoms with Gasteiger partial charge in [0.1, 0.15) is 6.17 Å². The first-order chi connectivity index (χ1) is 5.11. The Balaban J connectivity index is 3.05. The molecule has 1 aromatic carbocycles.